The highest BCUT2D eigenvalue weighted by atomic mass is 14.4. The molecule has 1 aliphatic rings. The average molecular weight is 673 g/mol. The predicted molar refractivity (Wildman–Crippen MR) is 228 cm³/mol. The molecule has 10 aromatic rings. The first kappa shape index (κ1) is 30.2. The topological polar surface area (TPSA) is 0 Å². The van der Waals surface area contributed by atoms with E-state index in [1.54, 1.807) is 0 Å². The van der Waals surface area contributed by atoms with Crippen LogP contribution in [0.25, 0.3) is 98.4 Å². The summed E-state index contributed by atoms with van der Waals surface area (Å²) in [6.07, 6.45) is 0. The molecule has 0 heteroatoms. The van der Waals surface area contributed by atoms with Gasteiger partial charge in [-0.05, 0) is 146 Å². The number of fused-ring (bicyclic) bond motifs is 10. The predicted octanol–water partition coefficient (Wildman–Crippen LogP) is 14.8. The van der Waals surface area contributed by atoms with Crippen LogP contribution in [0.15, 0.2) is 182 Å². The highest BCUT2D eigenvalue weighted by molar-refractivity contribution is 6.23. The molecule has 0 heterocycles. The SMILES string of the molecule is CC1(C)c2ccccc2-c2ccc(-c3ccc4cc(-c5ccc6ccc(-c7cc8ccc9ccccc9c8c8ccccc78)cc6c5)ccc4c3)cc21. The van der Waals surface area contributed by atoms with Crippen LogP contribution in [0, 0.1) is 0 Å². The van der Waals surface area contributed by atoms with Gasteiger partial charge in [-0.3, -0.25) is 0 Å². The van der Waals surface area contributed by atoms with Gasteiger partial charge in [-0.25, -0.2) is 0 Å². The van der Waals surface area contributed by atoms with E-state index < -0.39 is 0 Å². The van der Waals surface area contributed by atoms with Crippen LogP contribution in [-0.4, -0.2) is 0 Å². The number of benzene rings is 10. The minimum Gasteiger partial charge on any atom is -0.0619 e. The molecule has 0 bridgehead atoms. The first-order chi connectivity index (χ1) is 26.0. The van der Waals surface area contributed by atoms with Gasteiger partial charge in [0.1, 0.15) is 0 Å². The van der Waals surface area contributed by atoms with E-state index in [9.17, 15) is 0 Å². The van der Waals surface area contributed by atoms with E-state index in [1.165, 1.54) is 109 Å². The van der Waals surface area contributed by atoms with Crippen LogP contribution in [0.4, 0.5) is 0 Å². The quantitative estimate of drug-likeness (QED) is 0.164. The molecule has 0 saturated heterocycles. The minimum atomic E-state index is -0.00704. The fraction of sp³-hybridized carbons (Fsp3) is 0.0566. The molecule has 0 N–H and O–H groups in total. The molecule has 0 spiro atoms. The molecule has 53 heavy (non-hydrogen) atoms. The van der Waals surface area contributed by atoms with Gasteiger partial charge in [0, 0.05) is 5.41 Å². The zero-order valence-electron chi connectivity index (χ0n) is 29.8. The molecule has 0 radical (unpaired) electrons. The lowest BCUT2D eigenvalue weighted by Crippen LogP contribution is -2.14. The Balaban J connectivity index is 0.962. The van der Waals surface area contributed by atoms with Crippen LogP contribution in [0.5, 0.6) is 0 Å². The van der Waals surface area contributed by atoms with Gasteiger partial charge in [0.2, 0.25) is 0 Å². The van der Waals surface area contributed by atoms with Crippen LogP contribution in [0.2, 0.25) is 0 Å². The van der Waals surface area contributed by atoms with Crippen molar-refractivity contribution in [2.24, 2.45) is 0 Å². The molecule has 0 fully saturated rings. The third-order valence-electron chi connectivity index (χ3n) is 12.0. The number of rotatable bonds is 3. The molecule has 11 rings (SSSR count). The third kappa shape index (κ3) is 4.62. The van der Waals surface area contributed by atoms with Crippen molar-refractivity contribution in [2.75, 3.05) is 0 Å². The van der Waals surface area contributed by atoms with Gasteiger partial charge in [0.25, 0.3) is 0 Å². The zero-order chi connectivity index (χ0) is 35.3. The lowest BCUT2D eigenvalue weighted by atomic mass is 9.81. The third-order valence-corrected chi connectivity index (χ3v) is 12.0. The molecule has 0 nitrogen and oxygen atoms in total. The number of hydrogen-bond acceptors (Lipinski definition) is 0. The summed E-state index contributed by atoms with van der Waals surface area (Å²) < 4.78 is 0. The van der Waals surface area contributed by atoms with Crippen LogP contribution in [0.1, 0.15) is 25.0 Å². The summed E-state index contributed by atoms with van der Waals surface area (Å²) in [4.78, 5) is 0. The molecular weight excluding hydrogens is 637 g/mol. The fourth-order valence-electron chi connectivity index (χ4n) is 9.20. The second-order valence-corrected chi connectivity index (χ2v) is 15.3. The number of hydrogen-bond donors (Lipinski definition) is 0. The molecular formula is C53H36. The van der Waals surface area contributed by atoms with Gasteiger partial charge >= 0.3 is 0 Å². The monoisotopic (exact) mass is 672 g/mol. The van der Waals surface area contributed by atoms with E-state index in [4.69, 9.17) is 0 Å². The van der Waals surface area contributed by atoms with Crippen LogP contribution in [-0.2, 0) is 5.41 Å². The van der Waals surface area contributed by atoms with Gasteiger partial charge in [-0.1, -0.05) is 159 Å². The van der Waals surface area contributed by atoms with Crippen molar-refractivity contribution in [3.8, 4) is 44.5 Å². The van der Waals surface area contributed by atoms with E-state index in [0.29, 0.717) is 0 Å². The normalized spacial score (nSPS) is 13.2. The smallest absolute Gasteiger partial charge is 0.0159 e. The highest BCUT2D eigenvalue weighted by Gasteiger charge is 2.35. The maximum Gasteiger partial charge on any atom is 0.0159 e. The van der Waals surface area contributed by atoms with Crippen LogP contribution >= 0.6 is 0 Å². The van der Waals surface area contributed by atoms with E-state index >= 15 is 0 Å². The Labute approximate surface area is 309 Å². The standard InChI is InChI=1S/C53H36/c1-53(2)50-14-8-7-12-46(50)47-26-25-40(32-51(47)53)38-22-21-35-27-37(20-19-36(35)28-38)39-18-15-33-16-23-41(30-43(33)29-39)49-31-42-24-17-34-9-3-4-10-44(34)52(42)48-13-6-5-11-45(48)49/h3-32H,1-2H3. The van der Waals surface area contributed by atoms with Crippen molar-refractivity contribution in [3.63, 3.8) is 0 Å². The second kappa shape index (κ2) is 11.2. The average Bonchev–Trinajstić information content (AvgIpc) is 3.44. The molecule has 1 aliphatic carbocycles. The molecule has 0 aromatic heterocycles. The first-order valence-electron chi connectivity index (χ1n) is 18.7. The lowest BCUT2D eigenvalue weighted by molar-refractivity contribution is 0.660. The Hall–Kier alpha value is -6.50. The van der Waals surface area contributed by atoms with Gasteiger partial charge in [0.05, 0.1) is 0 Å². The van der Waals surface area contributed by atoms with Gasteiger partial charge in [-0.15, -0.1) is 0 Å². The van der Waals surface area contributed by atoms with Crippen molar-refractivity contribution in [3.05, 3.63) is 193 Å². The minimum absolute atomic E-state index is 0.00704. The molecule has 0 amide bonds. The Morgan fingerprint density at radius 1 is 0.283 bits per heavy atom. The van der Waals surface area contributed by atoms with Crippen molar-refractivity contribution in [1.82, 2.24) is 0 Å². The maximum absolute atomic E-state index is 2.41. The van der Waals surface area contributed by atoms with Gasteiger partial charge in [-0.2, -0.15) is 0 Å². The van der Waals surface area contributed by atoms with E-state index in [0.717, 1.165) is 0 Å². The van der Waals surface area contributed by atoms with E-state index in [2.05, 4.69) is 196 Å². The Morgan fingerprint density at radius 3 is 1.57 bits per heavy atom. The summed E-state index contributed by atoms with van der Waals surface area (Å²) in [5.74, 6) is 0. The van der Waals surface area contributed by atoms with Crippen LogP contribution in [0.3, 0.4) is 0 Å². The molecule has 0 aliphatic heterocycles. The summed E-state index contributed by atoms with van der Waals surface area (Å²) in [5.41, 5.74) is 13.1. The Morgan fingerprint density at radius 2 is 0.792 bits per heavy atom. The summed E-state index contributed by atoms with van der Waals surface area (Å²) in [6, 6.07) is 68.0. The van der Waals surface area contributed by atoms with Crippen molar-refractivity contribution in [1.29, 1.82) is 0 Å². The molecule has 0 atom stereocenters. The van der Waals surface area contributed by atoms with Crippen molar-refractivity contribution in [2.45, 2.75) is 19.3 Å². The molecule has 0 saturated carbocycles. The van der Waals surface area contributed by atoms with Crippen molar-refractivity contribution < 1.29 is 0 Å². The fourth-order valence-corrected chi connectivity index (χ4v) is 9.20. The highest BCUT2D eigenvalue weighted by Crippen LogP contribution is 2.49. The van der Waals surface area contributed by atoms with Crippen molar-refractivity contribution >= 4 is 53.9 Å². The van der Waals surface area contributed by atoms with E-state index in [1.807, 2.05) is 0 Å². The van der Waals surface area contributed by atoms with Crippen LogP contribution < -0.4 is 0 Å². The zero-order valence-corrected chi connectivity index (χ0v) is 29.8. The lowest BCUT2D eigenvalue weighted by Gasteiger charge is -2.22. The van der Waals surface area contributed by atoms with E-state index in [-0.39, 0.29) is 5.41 Å². The van der Waals surface area contributed by atoms with Gasteiger partial charge < -0.3 is 0 Å². The molecule has 0 unspecified atom stereocenters. The van der Waals surface area contributed by atoms with Gasteiger partial charge in [0.15, 0.2) is 0 Å². The summed E-state index contributed by atoms with van der Waals surface area (Å²) in [7, 11) is 0. The largest absolute Gasteiger partial charge is 0.0619 e. The molecule has 10 aromatic carbocycles. The summed E-state index contributed by atoms with van der Waals surface area (Å²) in [6.45, 7) is 4.70. The Bertz CT molecular complexity index is 3140. The second-order valence-electron chi connectivity index (χ2n) is 15.3. The molecule has 248 valence electrons. The Kier molecular flexibility index (Phi) is 6.40. The summed E-state index contributed by atoms with van der Waals surface area (Å²) >= 11 is 0. The summed E-state index contributed by atoms with van der Waals surface area (Å²) in [5, 5.41) is 12.8. The maximum atomic E-state index is 2.41. The first-order valence-corrected chi connectivity index (χ1v) is 18.7.